The van der Waals surface area contributed by atoms with Crippen LogP contribution in [0.2, 0.25) is 0 Å². The molecule has 24 heavy (non-hydrogen) atoms. The van der Waals surface area contributed by atoms with Crippen molar-refractivity contribution in [2.45, 2.75) is 0 Å². The highest BCUT2D eigenvalue weighted by Gasteiger charge is 2.26. The summed E-state index contributed by atoms with van der Waals surface area (Å²) in [5, 5.41) is 9.60. The number of para-hydroxylation sites is 2. The van der Waals surface area contributed by atoms with Gasteiger partial charge in [-0.15, -0.1) is 0 Å². The number of benzene rings is 2. The summed E-state index contributed by atoms with van der Waals surface area (Å²) < 4.78 is 10.6. The summed E-state index contributed by atoms with van der Waals surface area (Å²) in [6.45, 7) is 0.193. The number of hydrogen-bond acceptors (Lipinski definition) is 5. The fourth-order valence-corrected chi connectivity index (χ4v) is 2.63. The van der Waals surface area contributed by atoms with Crippen LogP contribution in [0, 0.1) is 0 Å². The molecule has 0 saturated carbocycles. The van der Waals surface area contributed by atoms with Gasteiger partial charge in [0.2, 0.25) is 0 Å². The highest BCUT2D eigenvalue weighted by atomic mass is 32.1. The fraction of sp³-hybridized carbons (Fsp3) is 0.111. The second-order valence-corrected chi connectivity index (χ2v) is 5.56. The second kappa shape index (κ2) is 6.72. The molecule has 1 heterocycles. The van der Waals surface area contributed by atoms with Gasteiger partial charge in [-0.25, -0.2) is 0 Å². The first-order valence-corrected chi connectivity index (χ1v) is 7.65. The van der Waals surface area contributed by atoms with Gasteiger partial charge in [-0.2, -0.15) is 0 Å². The van der Waals surface area contributed by atoms with Crippen LogP contribution in [0.1, 0.15) is 5.56 Å². The molecule has 0 aromatic heterocycles. The van der Waals surface area contributed by atoms with Crippen molar-refractivity contribution in [2.24, 2.45) is 0 Å². The monoisotopic (exact) mass is 341 g/mol. The van der Waals surface area contributed by atoms with Gasteiger partial charge in [0, 0.05) is 6.08 Å². The van der Waals surface area contributed by atoms with Crippen molar-refractivity contribution >= 4 is 34.9 Å². The number of aromatic hydroxyl groups is 1. The third-order valence-electron chi connectivity index (χ3n) is 3.55. The Labute approximate surface area is 144 Å². The lowest BCUT2D eigenvalue weighted by Crippen LogP contribution is -2.41. The van der Waals surface area contributed by atoms with Gasteiger partial charge >= 0.3 is 0 Å². The van der Waals surface area contributed by atoms with Crippen LogP contribution >= 0.6 is 12.2 Å². The zero-order valence-corrected chi connectivity index (χ0v) is 13.7. The first kappa shape index (κ1) is 16.0. The van der Waals surface area contributed by atoms with Crippen LogP contribution in [0.4, 0.5) is 5.69 Å². The quantitative estimate of drug-likeness (QED) is 0.686. The number of ether oxygens (including phenoxy) is 2. The van der Waals surface area contributed by atoms with E-state index in [1.165, 1.54) is 24.2 Å². The molecule has 3 rings (SSSR count). The zero-order chi connectivity index (χ0) is 17.1. The lowest BCUT2D eigenvalue weighted by atomic mass is 10.1. The third-order valence-corrected chi connectivity index (χ3v) is 3.85. The molecular weight excluding hydrogens is 326 g/mol. The molecule has 0 aliphatic carbocycles. The van der Waals surface area contributed by atoms with Crippen molar-refractivity contribution in [1.82, 2.24) is 0 Å². The van der Waals surface area contributed by atoms with Gasteiger partial charge in [-0.05, 0) is 35.9 Å². The Morgan fingerprint density at radius 3 is 2.92 bits per heavy atom. The maximum Gasteiger partial charge on any atom is 0.256 e. The van der Waals surface area contributed by atoms with E-state index < -0.39 is 0 Å². The first-order chi connectivity index (χ1) is 11.6. The van der Waals surface area contributed by atoms with Crippen LogP contribution in [0.3, 0.4) is 0 Å². The number of hydrogen-bond donors (Lipinski definition) is 1. The van der Waals surface area contributed by atoms with E-state index in [1.54, 1.807) is 30.3 Å². The Morgan fingerprint density at radius 1 is 1.33 bits per heavy atom. The maximum atomic E-state index is 12.6. The Morgan fingerprint density at radius 2 is 2.12 bits per heavy atom. The maximum absolute atomic E-state index is 12.6. The largest absolute Gasteiger partial charge is 0.504 e. The smallest absolute Gasteiger partial charge is 0.256 e. The van der Waals surface area contributed by atoms with Gasteiger partial charge in [0.15, 0.2) is 11.5 Å². The average molecular weight is 341 g/mol. The number of amides is 1. The van der Waals surface area contributed by atoms with Crippen LogP contribution in [0.15, 0.2) is 48.5 Å². The van der Waals surface area contributed by atoms with Crippen molar-refractivity contribution in [2.75, 3.05) is 18.6 Å². The molecule has 1 aliphatic heterocycles. The Kier molecular flexibility index (Phi) is 4.48. The summed E-state index contributed by atoms with van der Waals surface area (Å²) in [5.41, 5.74) is 1.36. The van der Waals surface area contributed by atoms with Gasteiger partial charge in [0.1, 0.15) is 17.3 Å². The lowest BCUT2D eigenvalue weighted by Gasteiger charge is -2.29. The molecule has 0 unspecified atom stereocenters. The van der Waals surface area contributed by atoms with E-state index in [9.17, 15) is 9.90 Å². The van der Waals surface area contributed by atoms with Crippen LogP contribution in [0.5, 0.6) is 17.2 Å². The van der Waals surface area contributed by atoms with Gasteiger partial charge in [0.25, 0.3) is 5.91 Å². The topological polar surface area (TPSA) is 59.0 Å². The molecule has 0 spiro atoms. The minimum absolute atomic E-state index is 0.0456. The number of carbonyl (C=O) groups is 1. The minimum Gasteiger partial charge on any atom is -0.504 e. The molecule has 1 amide bonds. The summed E-state index contributed by atoms with van der Waals surface area (Å²) in [6.07, 6.45) is 3.07. The van der Waals surface area contributed by atoms with Crippen LogP contribution < -0.4 is 14.4 Å². The molecule has 122 valence electrons. The van der Waals surface area contributed by atoms with E-state index in [0.29, 0.717) is 22.2 Å². The van der Waals surface area contributed by atoms with Gasteiger partial charge in [-0.3, -0.25) is 9.69 Å². The fourth-order valence-electron chi connectivity index (χ4n) is 2.38. The summed E-state index contributed by atoms with van der Waals surface area (Å²) in [7, 11) is 1.47. The van der Waals surface area contributed by atoms with E-state index in [-0.39, 0.29) is 18.3 Å². The SMILES string of the molecule is COc1cc(/C=C/C(=O)N2C(=S)COc3ccccc32)ccc1O. The van der Waals surface area contributed by atoms with Crippen LogP contribution in [-0.2, 0) is 4.79 Å². The highest BCUT2D eigenvalue weighted by Crippen LogP contribution is 2.32. The van der Waals surface area contributed by atoms with E-state index in [2.05, 4.69) is 0 Å². The van der Waals surface area contributed by atoms with Crippen LogP contribution in [0.25, 0.3) is 6.08 Å². The zero-order valence-electron chi connectivity index (χ0n) is 12.9. The Bertz CT molecular complexity index is 832. The number of methoxy groups -OCH3 is 1. The van der Waals surface area contributed by atoms with Crippen molar-refractivity contribution in [3.8, 4) is 17.2 Å². The summed E-state index contributed by atoms with van der Waals surface area (Å²) in [4.78, 5) is 14.5. The number of carbonyl (C=O) groups excluding carboxylic acids is 1. The molecule has 0 radical (unpaired) electrons. The standard InChI is InChI=1S/C18H15NO4S/c1-22-16-10-12(6-8-14(16)20)7-9-17(21)19-13-4-2-3-5-15(13)23-11-18(19)24/h2-10,20H,11H2,1H3/b9-7+. The molecule has 6 heteroatoms. The van der Waals surface area contributed by atoms with Crippen molar-refractivity contribution in [1.29, 1.82) is 0 Å². The van der Waals surface area contributed by atoms with Gasteiger partial charge in [0.05, 0.1) is 12.8 Å². The van der Waals surface area contributed by atoms with E-state index in [0.717, 1.165) is 5.56 Å². The number of nitrogens with zero attached hydrogens (tertiary/aromatic N) is 1. The van der Waals surface area contributed by atoms with E-state index in [4.69, 9.17) is 21.7 Å². The molecule has 5 nitrogen and oxygen atoms in total. The summed E-state index contributed by atoms with van der Waals surface area (Å²) in [6, 6.07) is 12.1. The molecule has 1 aliphatic rings. The molecular formula is C18H15NO4S. The summed E-state index contributed by atoms with van der Waals surface area (Å²) in [5.74, 6) is 0.753. The average Bonchev–Trinajstić information content (AvgIpc) is 2.60. The van der Waals surface area contributed by atoms with Crippen molar-refractivity contribution < 1.29 is 19.4 Å². The predicted molar refractivity (Wildman–Crippen MR) is 95.7 cm³/mol. The van der Waals surface area contributed by atoms with Gasteiger partial charge in [-0.1, -0.05) is 30.4 Å². The molecule has 0 atom stereocenters. The number of rotatable bonds is 3. The number of phenols is 1. The molecule has 0 bridgehead atoms. The number of fused-ring (bicyclic) bond motifs is 1. The summed E-state index contributed by atoms with van der Waals surface area (Å²) >= 11 is 5.26. The second-order valence-electron chi connectivity index (χ2n) is 5.09. The van der Waals surface area contributed by atoms with Gasteiger partial charge < -0.3 is 14.6 Å². The Balaban J connectivity index is 1.86. The third kappa shape index (κ3) is 3.09. The normalized spacial score (nSPS) is 13.5. The molecule has 0 saturated heterocycles. The minimum atomic E-state index is -0.261. The Hall–Kier alpha value is -2.86. The van der Waals surface area contributed by atoms with E-state index >= 15 is 0 Å². The predicted octanol–water partition coefficient (Wildman–Crippen LogP) is 3.17. The van der Waals surface area contributed by atoms with Crippen LogP contribution in [-0.4, -0.2) is 29.7 Å². The highest BCUT2D eigenvalue weighted by molar-refractivity contribution is 7.80. The first-order valence-electron chi connectivity index (χ1n) is 7.24. The molecule has 0 fully saturated rings. The van der Waals surface area contributed by atoms with Crippen molar-refractivity contribution in [3.63, 3.8) is 0 Å². The van der Waals surface area contributed by atoms with E-state index in [1.807, 2.05) is 12.1 Å². The molecule has 2 aromatic rings. The van der Waals surface area contributed by atoms with Crippen molar-refractivity contribution in [3.05, 3.63) is 54.1 Å². The lowest BCUT2D eigenvalue weighted by molar-refractivity contribution is -0.113. The molecule has 2 aromatic carbocycles. The number of thiocarbonyl (C=S) groups is 1. The number of phenolic OH excluding ortho intramolecular Hbond substituents is 1. The number of anilines is 1. The molecule has 1 N–H and O–H groups in total.